The fourth-order valence-electron chi connectivity index (χ4n) is 6.97. The van der Waals surface area contributed by atoms with E-state index in [4.69, 9.17) is 27.9 Å². The molecule has 0 unspecified atom stereocenters. The van der Waals surface area contributed by atoms with Crippen LogP contribution in [0.2, 0.25) is 10.0 Å². The van der Waals surface area contributed by atoms with Crippen LogP contribution in [0.15, 0.2) is 97.2 Å². The van der Waals surface area contributed by atoms with Crippen LogP contribution in [0, 0.1) is 5.92 Å². The zero-order valence-corrected chi connectivity index (χ0v) is 23.9. The summed E-state index contributed by atoms with van der Waals surface area (Å²) >= 11 is 12.8. The molecule has 7 rings (SSSR count). The normalized spacial score (nSPS) is 23.3. The van der Waals surface area contributed by atoms with Crippen molar-refractivity contribution in [3.63, 3.8) is 0 Å². The molecule has 3 aliphatic rings. The second-order valence-electron chi connectivity index (χ2n) is 10.7. The summed E-state index contributed by atoms with van der Waals surface area (Å²) in [6.07, 6.45) is 3.74. The summed E-state index contributed by atoms with van der Waals surface area (Å²) in [5.41, 5.74) is 2.20. The number of carbonyl (C=O) groups is 3. The Morgan fingerprint density at radius 1 is 0.905 bits per heavy atom. The minimum atomic E-state index is -1.43. The van der Waals surface area contributed by atoms with E-state index in [0.29, 0.717) is 27.6 Å². The minimum absolute atomic E-state index is 0.176. The lowest BCUT2D eigenvalue weighted by atomic mass is 9.62. The number of nitrogens with one attached hydrogen (secondary N) is 1. The van der Waals surface area contributed by atoms with Crippen molar-refractivity contribution in [2.75, 3.05) is 12.4 Å². The third kappa shape index (κ3) is 3.68. The molecule has 0 aliphatic carbocycles. The van der Waals surface area contributed by atoms with E-state index in [0.717, 1.165) is 11.1 Å². The highest BCUT2D eigenvalue weighted by Gasteiger charge is 2.70. The Morgan fingerprint density at radius 2 is 1.69 bits per heavy atom. The Hall–Kier alpha value is -4.39. The van der Waals surface area contributed by atoms with Gasteiger partial charge in [-0.3, -0.25) is 14.4 Å². The third-order valence-corrected chi connectivity index (χ3v) is 9.22. The largest absolute Gasteiger partial charge is 0.497 e. The topological polar surface area (TPSA) is 75.7 Å². The van der Waals surface area contributed by atoms with Gasteiger partial charge in [-0.05, 0) is 59.2 Å². The van der Waals surface area contributed by atoms with Gasteiger partial charge in [0.2, 0.25) is 5.91 Å². The van der Waals surface area contributed by atoms with Crippen molar-refractivity contribution in [2.45, 2.75) is 17.5 Å². The van der Waals surface area contributed by atoms with Gasteiger partial charge in [0.05, 0.1) is 24.1 Å². The number of halogens is 2. The van der Waals surface area contributed by atoms with Crippen molar-refractivity contribution >= 4 is 52.4 Å². The molecular weight excluding hydrogens is 571 g/mol. The Kier molecular flexibility index (Phi) is 6.22. The molecule has 0 radical (unpaired) electrons. The molecule has 42 heavy (non-hydrogen) atoms. The molecule has 4 atom stereocenters. The van der Waals surface area contributed by atoms with E-state index in [1.165, 1.54) is 13.2 Å². The number of ether oxygens (including phenoxy) is 1. The predicted octanol–water partition coefficient (Wildman–Crippen LogP) is 6.98. The number of fused-ring (bicyclic) bond motifs is 6. The summed E-state index contributed by atoms with van der Waals surface area (Å²) in [5, 5.41) is 3.61. The van der Waals surface area contributed by atoms with E-state index < -0.39 is 23.4 Å². The van der Waals surface area contributed by atoms with Crippen molar-refractivity contribution in [1.29, 1.82) is 0 Å². The molecule has 1 N–H and O–H groups in total. The van der Waals surface area contributed by atoms with Crippen molar-refractivity contribution in [2.24, 2.45) is 5.92 Å². The van der Waals surface area contributed by atoms with Crippen LogP contribution in [0.1, 0.15) is 43.4 Å². The Morgan fingerprint density at radius 3 is 2.50 bits per heavy atom. The van der Waals surface area contributed by atoms with Gasteiger partial charge in [0.1, 0.15) is 17.2 Å². The number of methoxy groups -OCH3 is 1. The highest BCUT2D eigenvalue weighted by molar-refractivity contribution is 6.37. The first kappa shape index (κ1) is 26.5. The molecule has 1 amide bonds. The zero-order valence-electron chi connectivity index (χ0n) is 22.4. The van der Waals surface area contributed by atoms with E-state index in [2.05, 4.69) is 5.32 Å². The highest BCUT2D eigenvalue weighted by atomic mass is 35.5. The second kappa shape index (κ2) is 9.86. The second-order valence-corrected chi connectivity index (χ2v) is 11.5. The summed E-state index contributed by atoms with van der Waals surface area (Å²) in [5.74, 6) is -1.67. The van der Waals surface area contributed by atoms with Gasteiger partial charge >= 0.3 is 0 Å². The molecule has 6 nitrogen and oxygen atoms in total. The smallest absolute Gasteiger partial charge is 0.238 e. The number of nitrogens with zero attached hydrogens (tertiary/aromatic N) is 1. The van der Waals surface area contributed by atoms with Crippen molar-refractivity contribution < 1.29 is 19.1 Å². The summed E-state index contributed by atoms with van der Waals surface area (Å²) in [6.45, 7) is 0. The zero-order chi connectivity index (χ0) is 29.2. The van der Waals surface area contributed by atoms with Crippen LogP contribution in [0.4, 0.5) is 5.69 Å². The lowest BCUT2D eigenvalue weighted by Crippen LogP contribution is -2.49. The van der Waals surface area contributed by atoms with Gasteiger partial charge in [0.25, 0.3) is 0 Å². The van der Waals surface area contributed by atoms with E-state index in [-0.39, 0.29) is 28.1 Å². The van der Waals surface area contributed by atoms with E-state index in [9.17, 15) is 14.4 Å². The quantitative estimate of drug-likeness (QED) is 0.252. The first-order valence-electron chi connectivity index (χ1n) is 13.5. The van der Waals surface area contributed by atoms with Crippen LogP contribution in [0.3, 0.4) is 0 Å². The molecule has 1 saturated heterocycles. The van der Waals surface area contributed by atoms with Crippen molar-refractivity contribution in [1.82, 2.24) is 4.90 Å². The molecular formula is C34H24Cl2N2O4. The van der Waals surface area contributed by atoms with Gasteiger partial charge in [-0.25, -0.2) is 0 Å². The van der Waals surface area contributed by atoms with Crippen molar-refractivity contribution in [3.8, 4) is 5.75 Å². The number of rotatable bonds is 5. The number of amides is 1. The van der Waals surface area contributed by atoms with Crippen molar-refractivity contribution in [3.05, 3.63) is 135 Å². The van der Waals surface area contributed by atoms with Crippen LogP contribution < -0.4 is 10.1 Å². The van der Waals surface area contributed by atoms with Crippen LogP contribution >= 0.6 is 23.2 Å². The van der Waals surface area contributed by atoms with Crippen LogP contribution in [-0.2, 0) is 10.2 Å². The van der Waals surface area contributed by atoms with E-state index >= 15 is 0 Å². The number of para-hydroxylation sites is 1. The lowest BCUT2D eigenvalue weighted by Gasteiger charge is -2.38. The first-order chi connectivity index (χ1) is 20.4. The molecule has 0 bridgehead atoms. The number of benzene rings is 4. The number of hydrogen-bond donors (Lipinski definition) is 1. The molecule has 4 aromatic rings. The average Bonchev–Trinajstić information content (AvgIpc) is 3.48. The molecule has 208 valence electrons. The van der Waals surface area contributed by atoms with Gasteiger partial charge in [-0.1, -0.05) is 77.8 Å². The number of hydrogen-bond acceptors (Lipinski definition) is 5. The molecule has 0 aromatic heterocycles. The number of carbonyl (C=O) groups excluding carboxylic acids is 3. The summed E-state index contributed by atoms with van der Waals surface area (Å²) in [4.78, 5) is 45.9. The average molecular weight is 595 g/mol. The monoisotopic (exact) mass is 594 g/mol. The van der Waals surface area contributed by atoms with E-state index in [1.807, 2.05) is 65.7 Å². The standard InChI is InChI=1S/C34H24Cl2N2O4/c1-42-22-9-6-8-20(17-22)30(39)28-29(31(40)24-14-13-21(35)18-26(24)36)38-16-15-19-7-2-3-10-23(19)32(38)34(28)25-11-4-5-12-27(25)37-33(34)41/h2-18,28-29,32H,1H3,(H,37,41)/t28-,29+,32+,34+/m0/s1. The Bertz CT molecular complexity index is 1840. The van der Waals surface area contributed by atoms with E-state index in [1.54, 1.807) is 36.4 Å². The van der Waals surface area contributed by atoms with Crippen LogP contribution in [0.5, 0.6) is 5.75 Å². The Balaban J connectivity index is 1.54. The molecule has 1 spiro atoms. The fraction of sp³-hybridized carbons (Fsp3) is 0.147. The number of ketones is 2. The van der Waals surface area contributed by atoms with Gasteiger partial charge in [-0.15, -0.1) is 0 Å². The molecule has 3 aliphatic heterocycles. The fourth-order valence-corrected chi connectivity index (χ4v) is 7.47. The maximum Gasteiger partial charge on any atom is 0.238 e. The van der Waals surface area contributed by atoms with Gasteiger partial charge in [0.15, 0.2) is 11.6 Å². The minimum Gasteiger partial charge on any atom is -0.497 e. The molecule has 3 heterocycles. The first-order valence-corrected chi connectivity index (χ1v) is 14.2. The Labute approximate surface area is 252 Å². The lowest BCUT2D eigenvalue weighted by molar-refractivity contribution is -0.122. The maximum atomic E-state index is 14.9. The maximum absolute atomic E-state index is 14.9. The van der Waals surface area contributed by atoms with Gasteiger partial charge in [0, 0.05) is 28.0 Å². The van der Waals surface area contributed by atoms with Crippen LogP contribution in [0.25, 0.3) is 6.08 Å². The number of Topliss-reactive ketones (excluding diaryl/α,β-unsaturated/α-hetero) is 2. The highest BCUT2D eigenvalue weighted by Crippen LogP contribution is 2.62. The summed E-state index contributed by atoms with van der Waals surface area (Å²) in [7, 11) is 1.53. The SMILES string of the molecule is COc1cccc(C(=O)[C@@H]2[C@H](C(=O)c3ccc(Cl)cc3Cl)N3C=Cc4ccccc4[C@@H]3[C@]23C(=O)Nc2ccccc23)c1. The number of anilines is 1. The van der Waals surface area contributed by atoms with Crippen LogP contribution in [-0.4, -0.2) is 35.5 Å². The molecule has 4 aromatic carbocycles. The van der Waals surface area contributed by atoms with Gasteiger partial charge in [-0.2, -0.15) is 0 Å². The predicted molar refractivity (Wildman–Crippen MR) is 162 cm³/mol. The molecule has 8 heteroatoms. The summed E-state index contributed by atoms with van der Waals surface area (Å²) in [6, 6.07) is 25.0. The molecule has 0 saturated carbocycles. The molecule has 1 fully saturated rings. The third-order valence-electron chi connectivity index (χ3n) is 8.67. The van der Waals surface area contributed by atoms with Gasteiger partial charge < -0.3 is 15.0 Å². The summed E-state index contributed by atoms with van der Waals surface area (Å²) < 4.78 is 5.42.